The van der Waals surface area contributed by atoms with Gasteiger partial charge in [-0.3, -0.25) is 9.59 Å². The van der Waals surface area contributed by atoms with Crippen LogP contribution in [-0.2, 0) is 15.0 Å². The maximum Gasteiger partial charge on any atom is 0.233 e. The molecule has 1 unspecified atom stereocenters. The van der Waals surface area contributed by atoms with E-state index in [9.17, 15) is 9.59 Å². The van der Waals surface area contributed by atoms with Gasteiger partial charge in [0.15, 0.2) is 0 Å². The third kappa shape index (κ3) is 3.10. The Morgan fingerprint density at radius 3 is 2.67 bits per heavy atom. The van der Waals surface area contributed by atoms with Crippen molar-refractivity contribution >= 4 is 27.7 Å². The molecule has 0 aromatic heterocycles. The van der Waals surface area contributed by atoms with Crippen LogP contribution in [0.1, 0.15) is 44.1 Å². The largest absolute Gasteiger partial charge is 0.353 e. The Hall–Kier alpha value is -1.36. The third-order valence-electron chi connectivity index (χ3n) is 5.54. The maximum absolute atomic E-state index is 13.2. The number of piperidine rings is 1. The third-order valence-corrected chi connectivity index (χ3v) is 6.03. The van der Waals surface area contributed by atoms with Gasteiger partial charge in [-0.05, 0) is 56.2 Å². The number of nitrogens with zero attached hydrogens (tertiary/aromatic N) is 1. The van der Waals surface area contributed by atoms with Crippen LogP contribution in [0.5, 0.6) is 0 Å². The maximum atomic E-state index is 13.2. The van der Waals surface area contributed by atoms with Gasteiger partial charge >= 0.3 is 0 Å². The SMILES string of the molecule is O=C(NC1CC1)C1CCCN(C(=O)C2(c3cccc(Br)c3)CC2)C1. The smallest absolute Gasteiger partial charge is 0.233 e. The zero-order valence-corrected chi connectivity index (χ0v) is 15.3. The van der Waals surface area contributed by atoms with Gasteiger partial charge in [-0.2, -0.15) is 0 Å². The highest BCUT2D eigenvalue weighted by Gasteiger charge is 2.53. The van der Waals surface area contributed by atoms with Crippen LogP contribution in [0.25, 0.3) is 0 Å². The first kappa shape index (κ1) is 16.1. The molecule has 1 saturated heterocycles. The molecule has 1 aromatic carbocycles. The zero-order valence-electron chi connectivity index (χ0n) is 13.8. The molecule has 3 fully saturated rings. The zero-order chi connectivity index (χ0) is 16.7. The van der Waals surface area contributed by atoms with Gasteiger partial charge in [-0.15, -0.1) is 0 Å². The van der Waals surface area contributed by atoms with Gasteiger partial charge in [-0.25, -0.2) is 0 Å². The number of amides is 2. The molecule has 1 N–H and O–H groups in total. The lowest BCUT2D eigenvalue weighted by atomic mass is 9.91. The molecular formula is C19H23BrN2O2. The van der Waals surface area contributed by atoms with E-state index in [4.69, 9.17) is 0 Å². The van der Waals surface area contributed by atoms with Crippen molar-refractivity contribution in [3.8, 4) is 0 Å². The predicted octanol–water partition coefficient (Wildman–Crippen LogP) is 3.00. The topological polar surface area (TPSA) is 49.4 Å². The normalized spacial score (nSPS) is 25.2. The van der Waals surface area contributed by atoms with Crippen LogP contribution >= 0.6 is 15.9 Å². The Balaban J connectivity index is 1.46. The predicted molar refractivity (Wildman–Crippen MR) is 95.5 cm³/mol. The second-order valence-corrected chi connectivity index (χ2v) is 8.38. The highest BCUT2D eigenvalue weighted by molar-refractivity contribution is 9.10. The highest BCUT2D eigenvalue weighted by atomic mass is 79.9. The summed E-state index contributed by atoms with van der Waals surface area (Å²) in [6.45, 7) is 1.36. The fraction of sp³-hybridized carbons (Fsp3) is 0.579. The highest BCUT2D eigenvalue weighted by Crippen LogP contribution is 2.50. The molecule has 4 nitrogen and oxygen atoms in total. The molecule has 5 heteroatoms. The minimum atomic E-state index is -0.349. The standard InChI is InChI=1S/C19H23BrN2O2/c20-15-5-1-4-14(11-15)19(8-9-19)18(24)22-10-2-3-13(12-22)17(23)21-16-6-7-16/h1,4-5,11,13,16H,2-3,6-10,12H2,(H,21,23). The van der Waals surface area contributed by atoms with Crippen LogP contribution < -0.4 is 5.32 Å². The number of carbonyl (C=O) groups excluding carboxylic acids is 2. The Bertz CT molecular complexity index is 667. The van der Waals surface area contributed by atoms with E-state index in [0.29, 0.717) is 12.6 Å². The molecule has 128 valence electrons. The van der Waals surface area contributed by atoms with Crippen LogP contribution in [0.2, 0.25) is 0 Å². The average Bonchev–Trinajstić information content (AvgIpc) is 3.49. The van der Waals surface area contributed by atoms with Crippen molar-refractivity contribution in [2.75, 3.05) is 13.1 Å². The Kier molecular flexibility index (Phi) is 4.15. The summed E-state index contributed by atoms with van der Waals surface area (Å²) in [5, 5.41) is 3.09. The monoisotopic (exact) mass is 390 g/mol. The summed E-state index contributed by atoms with van der Waals surface area (Å²) < 4.78 is 1.01. The molecule has 2 saturated carbocycles. The first-order valence-corrected chi connectivity index (χ1v) is 9.74. The molecule has 0 radical (unpaired) electrons. The summed E-state index contributed by atoms with van der Waals surface area (Å²) >= 11 is 3.51. The minimum Gasteiger partial charge on any atom is -0.353 e. The molecule has 1 aromatic rings. The minimum absolute atomic E-state index is 0.0402. The summed E-state index contributed by atoms with van der Waals surface area (Å²) in [6.07, 6.45) is 5.85. The van der Waals surface area contributed by atoms with Crippen LogP contribution in [-0.4, -0.2) is 35.8 Å². The molecule has 0 bridgehead atoms. The quantitative estimate of drug-likeness (QED) is 0.858. The van der Waals surface area contributed by atoms with Gasteiger partial charge in [-0.1, -0.05) is 28.1 Å². The second kappa shape index (κ2) is 6.17. The second-order valence-electron chi connectivity index (χ2n) is 7.47. The van der Waals surface area contributed by atoms with Crippen molar-refractivity contribution in [2.24, 2.45) is 5.92 Å². The summed E-state index contributed by atoms with van der Waals surface area (Å²) in [5.74, 6) is 0.313. The molecule has 1 aliphatic heterocycles. The molecule has 1 atom stereocenters. The number of nitrogens with one attached hydrogen (secondary N) is 1. The Labute approximate surface area is 151 Å². The van der Waals surface area contributed by atoms with Crippen molar-refractivity contribution in [3.63, 3.8) is 0 Å². The lowest BCUT2D eigenvalue weighted by Gasteiger charge is -2.34. The number of hydrogen-bond donors (Lipinski definition) is 1. The summed E-state index contributed by atoms with van der Waals surface area (Å²) in [7, 11) is 0. The van der Waals surface area contributed by atoms with Gasteiger partial charge in [0.1, 0.15) is 0 Å². The number of likely N-dealkylation sites (tertiary alicyclic amines) is 1. The molecule has 2 aliphatic carbocycles. The number of halogens is 1. The van der Waals surface area contributed by atoms with E-state index in [-0.39, 0.29) is 23.1 Å². The van der Waals surface area contributed by atoms with Crippen molar-refractivity contribution < 1.29 is 9.59 Å². The number of hydrogen-bond acceptors (Lipinski definition) is 2. The van der Waals surface area contributed by atoms with Gasteiger partial charge < -0.3 is 10.2 Å². The van der Waals surface area contributed by atoms with Crippen molar-refractivity contribution in [1.82, 2.24) is 10.2 Å². The van der Waals surface area contributed by atoms with E-state index in [1.165, 1.54) is 0 Å². The molecule has 0 spiro atoms. The molecule has 3 aliphatic rings. The fourth-order valence-corrected chi connectivity index (χ4v) is 4.16. The van der Waals surface area contributed by atoms with Gasteiger partial charge in [0, 0.05) is 23.6 Å². The van der Waals surface area contributed by atoms with E-state index in [2.05, 4.69) is 33.4 Å². The van der Waals surface area contributed by atoms with E-state index >= 15 is 0 Å². The average molecular weight is 391 g/mol. The molecule has 1 heterocycles. The number of rotatable bonds is 4. The van der Waals surface area contributed by atoms with E-state index in [0.717, 1.165) is 55.1 Å². The molecule has 2 amide bonds. The Morgan fingerprint density at radius 2 is 2.00 bits per heavy atom. The van der Waals surface area contributed by atoms with E-state index < -0.39 is 0 Å². The summed E-state index contributed by atoms with van der Waals surface area (Å²) in [4.78, 5) is 27.5. The van der Waals surface area contributed by atoms with Crippen molar-refractivity contribution in [1.29, 1.82) is 0 Å². The van der Waals surface area contributed by atoms with E-state index in [1.807, 2.05) is 17.0 Å². The van der Waals surface area contributed by atoms with Gasteiger partial charge in [0.25, 0.3) is 0 Å². The first-order chi connectivity index (χ1) is 11.6. The molecule has 24 heavy (non-hydrogen) atoms. The Morgan fingerprint density at radius 1 is 1.21 bits per heavy atom. The van der Waals surface area contributed by atoms with Crippen LogP contribution in [0, 0.1) is 5.92 Å². The summed E-state index contributed by atoms with van der Waals surface area (Å²) in [5.41, 5.74) is 0.755. The van der Waals surface area contributed by atoms with Gasteiger partial charge in [0.2, 0.25) is 11.8 Å². The lowest BCUT2D eigenvalue weighted by Crippen LogP contribution is -2.48. The van der Waals surface area contributed by atoms with Crippen molar-refractivity contribution in [3.05, 3.63) is 34.3 Å². The first-order valence-electron chi connectivity index (χ1n) is 8.94. The number of benzene rings is 1. The lowest BCUT2D eigenvalue weighted by molar-refractivity contribution is -0.138. The molecular weight excluding hydrogens is 368 g/mol. The van der Waals surface area contributed by atoms with Crippen LogP contribution in [0.15, 0.2) is 28.7 Å². The molecule has 4 rings (SSSR count). The van der Waals surface area contributed by atoms with Crippen LogP contribution in [0.4, 0.5) is 0 Å². The van der Waals surface area contributed by atoms with Gasteiger partial charge in [0.05, 0.1) is 11.3 Å². The number of carbonyl (C=O) groups is 2. The fourth-order valence-electron chi connectivity index (χ4n) is 3.76. The van der Waals surface area contributed by atoms with E-state index in [1.54, 1.807) is 0 Å². The van der Waals surface area contributed by atoms with Crippen molar-refractivity contribution in [2.45, 2.75) is 50.0 Å². The van der Waals surface area contributed by atoms with Crippen LogP contribution in [0.3, 0.4) is 0 Å². The summed E-state index contributed by atoms with van der Waals surface area (Å²) in [6, 6.07) is 8.49.